The average Bonchev–Trinajstić information content (AvgIpc) is 2.29. The fourth-order valence-electron chi connectivity index (χ4n) is 1.71. The molecule has 0 aliphatic rings. The molecule has 2 aromatic heterocycles. The van der Waals surface area contributed by atoms with Crippen LogP contribution in [0.1, 0.15) is 5.69 Å². The lowest BCUT2D eigenvalue weighted by molar-refractivity contribution is 0.383. The lowest BCUT2D eigenvalue weighted by Gasteiger charge is -2.13. The van der Waals surface area contributed by atoms with Crippen LogP contribution < -0.4 is 5.56 Å². The zero-order valence-electron chi connectivity index (χ0n) is 10.8. The molecule has 0 unspecified atom stereocenters. The summed E-state index contributed by atoms with van der Waals surface area (Å²) in [6.07, 6.45) is 1.69. The third kappa shape index (κ3) is 2.86. The van der Waals surface area contributed by atoms with Crippen molar-refractivity contribution in [2.75, 3.05) is 20.6 Å². The predicted octanol–water partition coefficient (Wildman–Crippen LogP) is 1.08. The van der Waals surface area contributed by atoms with Crippen LogP contribution >= 0.6 is 12.4 Å². The molecule has 0 bridgehead atoms. The summed E-state index contributed by atoms with van der Waals surface area (Å²) in [6.45, 7) is 3.17. The number of hydrogen-bond donors (Lipinski definition) is 0. The van der Waals surface area contributed by atoms with Crippen molar-refractivity contribution < 1.29 is 0 Å². The summed E-state index contributed by atoms with van der Waals surface area (Å²) < 4.78 is 1.69. The van der Waals surface area contributed by atoms with Gasteiger partial charge in [0.1, 0.15) is 11.2 Å². The minimum Gasteiger partial charge on any atom is -0.308 e. The molecule has 2 rings (SSSR count). The molecule has 6 heteroatoms. The lowest BCUT2D eigenvalue weighted by atomic mass is 10.3. The molecule has 18 heavy (non-hydrogen) atoms. The molecule has 0 saturated carbocycles. The van der Waals surface area contributed by atoms with Gasteiger partial charge in [0.05, 0.1) is 0 Å². The van der Waals surface area contributed by atoms with E-state index in [2.05, 4.69) is 9.97 Å². The highest BCUT2D eigenvalue weighted by Crippen LogP contribution is 2.06. The number of likely N-dealkylation sites (N-methyl/N-ethyl adjacent to an activating group) is 1. The van der Waals surface area contributed by atoms with Crippen LogP contribution in [0.5, 0.6) is 0 Å². The number of nitrogens with zero attached hydrogens (tertiary/aromatic N) is 4. The Morgan fingerprint density at radius 2 is 2.11 bits per heavy atom. The van der Waals surface area contributed by atoms with Crippen molar-refractivity contribution >= 4 is 23.6 Å². The van der Waals surface area contributed by atoms with Crippen molar-refractivity contribution in [1.29, 1.82) is 0 Å². The molecule has 5 nitrogen and oxygen atoms in total. The Morgan fingerprint density at radius 3 is 2.78 bits per heavy atom. The number of fused-ring (bicyclic) bond motifs is 1. The van der Waals surface area contributed by atoms with Gasteiger partial charge in [0.15, 0.2) is 5.65 Å². The Kier molecular flexibility index (Phi) is 4.81. The number of hydrogen-bond acceptors (Lipinski definition) is 4. The third-order valence-electron chi connectivity index (χ3n) is 2.64. The maximum absolute atomic E-state index is 12.0. The number of aryl methyl sites for hydroxylation is 1. The topological polar surface area (TPSA) is 51.0 Å². The first-order valence-electron chi connectivity index (χ1n) is 5.56. The molecule has 0 N–H and O–H groups in total. The van der Waals surface area contributed by atoms with Crippen molar-refractivity contribution in [3.8, 4) is 0 Å². The van der Waals surface area contributed by atoms with Crippen LogP contribution in [0.2, 0.25) is 0 Å². The molecule has 0 atom stereocenters. The van der Waals surface area contributed by atoms with Crippen LogP contribution in [0, 0.1) is 6.92 Å². The first-order chi connectivity index (χ1) is 8.09. The molecule has 2 heterocycles. The Balaban J connectivity index is 0.00000162. The number of halogens is 1. The summed E-state index contributed by atoms with van der Waals surface area (Å²) in [4.78, 5) is 22.6. The SMILES string of the molecule is Cc1nc2cccnc2n(CCN(C)C)c1=O.Cl. The highest BCUT2D eigenvalue weighted by atomic mass is 35.5. The summed E-state index contributed by atoms with van der Waals surface area (Å²) >= 11 is 0. The molecule has 0 aliphatic heterocycles. The standard InChI is InChI=1S/C12H16N4O.ClH/c1-9-12(17)16(8-7-15(2)3)11-10(14-9)5-4-6-13-11;/h4-6H,7-8H2,1-3H3;1H. The smallest absolute Gasteiger partial charge is 0.273 e. The second-order valence-electron chi connectivity index (χ2n) is 4.30. The van der Waals surface area contributed by atoms with E-state index < -0.39 is 0 Å². The summed E-state index contributed by atoms with van der Waals surface area (Å²) in [5.41, 5.74) is 1.88. The van der Waals surface area contributed by atoms with Crippen LogP contribution in [0.3, 0.4) is 0 Å². The quantitative estimate of drug-likeness (QED) is 0.836. The van der Waals surface area contributed by atoms with E-state index in [0.717, 1.165) is 12.1 Å². The molecule has 0 aliphatic carbocycles. The van der Waals surface area contributed by atoms with Gasteiger partial charge < -0.3 is 4.90 Å². The molecular formula is C12H17ClN4O. The van der Waals surface area contributed by atoms with Crippen molar-refractivity contribution in [3.05, 3.63) is 34.4 Å². The Labute approximate surface area is 112 Å². The van der Waals surface area contributed by atoms with Crippen molar-refractivity contribution in [1.82, 2.24) is 19.4 Å². The summed E-state index contributed by atoms with van der Waals surface area (Å²) in [5, 5.41) is 0. The normalized spacial score (nSPS) is 10.7. The van der Waals surface area contributed by atoms with Gasteiger partial charge in [-0.3, -0.25) is 9.36 Å². The van der Waals surface area contributed by atoms with E-state index in [9.17, 15) is 4.79 Å². The molecule has 0 spiro atoms. The zero-order valence-corrected chi connectivity index (χ0v) is 11.6. The molecule has 2 aromatic rings. The van der Waals surface area contributed by atoms with E-state index in [0.29, 0.717) is 17.9 Å². The Bertz CT molecular complexity index is 594. The zero-order chi connectivity index (χ0) is 12.4. The van der Waals surface area contributed by atoms with Crippen LogP contribution in [-0.4, -0.2) is 40.1 Å². The first kappa shape index (κ1) is 14.6. The fourth-order valence-corrected chi connectivity index (χ4v) is 1.71. The van der Waals surface area contributed by atoms with E-state index in [4.69, 9.17) is 0 Å². The number of aromatic nitrogens is 3. The maximum atomic E-state index is 12.0. The predicted molar refractivity (Wildman–Crippen MR) is 74.3 cm³/mol. The number of rotatable bonds is 3. The summed E-state index contributed by atoms with van der Waals surface area (Å²) in [6, 6.07) is 3.70. The fraction of sp³-hybridized carbons (Fsp3) is 0.417. The molecule has 0 saturated heterocycles. The minimum absolute atomic E-state index is 0. The van der Waals surface area contributed by atoms with Crippen LogP contribution in [0.25, 0.3) is 11.2 Å². The molecule has 0 aromatic carbocycles. The van der Waals surface area contributed by atoms with Gasteiger partial charge in [0.25, 0.3) is 5.56 Å². The first-order valence-corrected chi connectivity index (χ1v) is 5.56. The molecule has 0 fully saturated rings. The number of pyridine rings is 1. The van der Waals surface area contributed by atoms with Crippen LogP contribution in [0.15, 0.2) is 23.1 Å². The maximum Gasteiger partial charge on any atom is 0.273 e. The average molecular weight is 269 g/mol. The van der Waals surface area contributed by atoms with Gasteiger partial charge in [-0.1, -0.05) is 0 Å². The summed E-state index contributed by atoms with van der Waals surface area (Å²) in [7, 11) is 3.96. The Morgan fingerprint density at radius 1 is 1.39 bits per heavy atom. The van der Waals surface area contributed by atoms with E-state index in [1.165, 1.54) is 0 Å². The second kappa shape index (κ2) is 5.93. The molecule has 0 radical (unpaired) electrons. The Hall–Kier alpha value is -1.46. The molecule has 98 valence electrons. The highest BCUT2D eigenvalue weighted by Gasteiger charge is 2.08. The minimum atomic E-state index is -0.0574. The van der Waals surface area contributed by atoms with Gasteiger partial charge in [-0.25, -0.2) is 9.97 Å². The van der Waals surface area contributed by atoms with Gasteiger partial charge >= 0.3 is 0 Å². The largest absolute Gasteiger partial charge is 0.308 e. The molecule has 0 amide bonds. The highest BCUT2D eigenvalue weighted by molar-refractivity contribution is 5.85. The molecular weight excluding hydrogens is 252 g/mol. The van der Waals surface area contributed by atoms with Crippen LogP contribution in [0.4, 0.5) is 0 Å². The van der Waals surface area contributed by atoms with E-state index >= 15 is 0 Å². The third-order valence-corrected chi connectivity index (χ3v) is 2.64. The monoisotopic (exact) mass is 268 g/mol. The van der Waals surface area contributed by atoms with Crippen LogP contribution in [-0.2, 0) is 6.54 Å². The van der Waals surface area contributed by atoms with E-state index in [1.807, 2.05) is 31.1 Å². The van der Waals surface area contributed by atoms with Gasteiger partial charge in [-0.05, 0) is 33.2 Å². The van der Waals surface area contributed by atoms with Crippen molar-refractivity contribution in [3.63, 3.8) is 0 Å². The summed E-state index contributed by atoms with van der Waals surface area (Å²) in [5.74, 6) is 0. The van der Waals surface area contributed by atoms with E-state index in [1.54, 1.807) is 17.7 Å². The van der Waals surface area contributed by atoms with Crippen molar-refractivity contribution in [2.45, 2.75) is 13.5 Å². The van der Waals surface area contributed by atoms with Gasteiger partial charge in [0, 0.05) is 19.3 Å². The van der Waals surface area contributed by atoms with Gasteiger partial charge in [-0.2, -0.15) is 0 Å². The lowest BCUT2D eigenvalue weighted by Crippen LogP contribution is -2.29. The van der Waals surface area contributed by atoms with Crippen molar-refractivity contribution in [2.24, 2.45) is 0 Å². The van der Waals surface area contributed by atoms with Gasteiger partial charge in [0.2, 0.25) is 0 Å². The van der Waals surface area contributed by atoms with Gasteiger partial charge in [-0.15, -0.1) is 12.4 Å². The second-order valence-corrected chi connectivity index (χ2v) is 4.30. The van der Waals surface area contributed by atoms with E-state index in [-0.39, 0.29) is 18.0 Å².